The van der Waals surface area contributed by atoms with Gasteiger partial charge in [-0.25, -0.2) is 8.42 Å². The van der Waals surface area contributed by atoms with Crippen LogP contribution in [0.5, 0.6) is 0 Å². The first-order valence-electron chi connectivity index (χ1n) is 5.50. The zero-order valence-electron chi connectivity index (χ0n) is 9.90. The number of hydrogen-bond acceptors (Lipinski definition) is 4. The molecular formula is C12H16N2O2S. The van der Waals surface area contributed by atoms with Crippen LogP contribution in [0.15, 0.2) is 28.0 Å². The Kier molecular flexibility index (Phi) is 2.97. The molecule has 1 aliphatic heterocycles. The van der Waals surface area contributed by atoms with Crippen molar-refractivity contribution in [3.63, 3.8) is 0 Å². The van der Waals surface area contributed by atoms with E-state index >= 15 is 0 Å². The molecule has 0 atom stereocenters. The standard InChI is InChI=1S/C12H16N2O2S/c1-8(2)14-7-11-6-9-5-10(13)3-4-12(9)17(11,15)16/h3-6,8,14H,7,13H2,1-2H3. The van der Waals surface area contributed by atoms with Crippen LogP contribution in [0, 0.1) is 0 Å². The van der Waals surface area contributed by atoms with Crippen molar-refractivity contribution in [2.75, 3.05) is 12.3 Å². The quantitative estimate of drug-likeness (QED) is 0.797. The van der Waals surface area contributed by atoms with E-state index in [1.54, 1.807) is 24.3 Å². The van der Waals surface area contributed by atoms with Crippen molar-refractivity contribution in [1.82, 2.24) is 5.32 Å². The van der Waals surface area contributed by atoms with Crippen LogP contribution in [0.1, 0.15) is 19.4 Å². The third kappa shape index (κ3) is 2.21. The summed E-state index contributed by atoms with van der Waals surface area (Å²) in [6.07, 6.45) is 1.69. The van der Waals surface area contributed by atoms with Gasteiger partial charge in [-0.15, -0.1) is 0 Å². The number of hydrogen-bond donors (Lipinski definition) is 2. The molecule has 0 radical (unpaired) electrons. The Morgan fingerprint density at radius 1 is 1.35 bits per heavy atom. The maximum atomic E-state index is 12.2. The van der Waals surface area contributed by atoms with Crippen LogP contribution in [0.3, 0.4) is 0 Å². The number of anilines is 1. The second-order valence-corrected chi connectivity index (χ2v) is 6.42. The van der Waals surface area contributed by atoms with Crippen LogP contribution in [-0.2, 0) is 9.84 Å². The largest absolute Gasteiger partial charge is 0.399 e. The Bertz CT molecular complexity index is 574. The van der Waals surface area contributed by atoms with E-state index in [0.29, 0.717) is 27.6 Å². The van der Waals surface area contributed by atoms with Crippen molar-refractivity contribution in [2.24, 2.45) is 0 Å². The normalized spacial score (nSPS) is 17.0. The van der Waals surface area contributed by atoms with Gasteiger partial charge in [0.15, 0.2) is 0 Å². The van der Waals surface area contributed by atoms with E-state index in [0.717, 1.165) is 0 Å². The fourth-order valence-corrected chi connectivity index (χ4v) is 3.28. The molecule has 5 heteroatoms. The Labute approximate surface area is 101 Å². The molecule has 4 nitrogen and oxygen atoms in total. The molecule has 0 saturated heterocycles. The molecule has 0 aliphatic carbocycles. The first-order chi connectivity index (χ1) is 7.91. The zero-order valence-corrected chi connectivity index (χ0v) is 10.7. The van der Waals surface area contributed by atoms with Crippen molar-refractivity contribution in [3.05, 3.63) is 28.7 Å². The summed E-state index contributed by atoms with van der Waals surface area (Å²) in [5.41, 5.74) is 6.91. The van der Waals surface area contributed by atoms with Gasteiger partial charge in [-0.05, 0) is 29.8 Å². The van der Waals surface area contributed by atoms with Crippen molar-refractivity contribution >= 4 is 21.6 Å². The molecule has 17 heavy (non-hydrogen) atoms. The lowest BCUT2D eigenvalue weighted by Crippen LogP contribution is -2.26. The number of fused-ring (bicyclic) bond motifs is 1. The summed E-state index contributed by atoms with van der Waals surface area (Å²) in [5, 5.41) is 3.11. The molecule has 0 spiro atoms. The average molecular weight is 252 g/mol. The molecule has 0 aromatic heterocycles. The number of sulfone groups is 1. The molecule has 0 fully saturated rings. The minimum Gasteiger partial charge on any atom is -0.399 e. The number of nitrogens with two attached hydrogens (primary N) is 1. The summed E-state index contributed by atoms with van der Waals surface area (Å²) in [7, 11) is -3.32. The first kappa shape index (κ1) is 12.1. The van der Waals surface area contributed by atoms with Crippen molar-refractivity contribution in [1.29, 1.82) is 0 Å². The Morgan fingerprint density at radius 2 is 2.06 bits per heavy atom. The fraction of sp³-hybridized carbons (Fsp3) is 0.333. The highest BCUT2D eigenvalue weighted by atomic mass is 32.2. The van der Waals surface area contributed by atoms with Gasteiger partial charge >= 0.3 is 0 Å². The monoisotopic (exact) mass is 252 g/mol. The van der Waals surface area contributed by atoms with Crippen LogP contribution in [0.2, 0.25) is 0 Å². The smallest absolute Gasteiger partial charge is 0.204 e. The second-order valence-electron chi connectivity index (χ2n) is 4.45. The SMILES string of the molecule is CC(C)NCC1=Cc2cc(N)ccc2S1(=O)=O. The number of nitrogens with one attached hydrogen (secondary N) is 1. The van der Waals surface area contributed by atoms with Crippen molar-refractivity contribution in [2.45, 2.75) is 24.8 Å². The van der Waals surface area contributed by atoms with E-state index in [-0.39, 0.29) is 6.04 Å². The first-order valence-corrected chi connectivity index (χ1v) is 6.98. The molecule has 1 aromatic rings. The third-order valence-electron chi connectivity index (χ3n) is 2.67. The number of nitrogen functional groups attached to an aromatic ring is 1. The van der Waals surface area contributed by atoms with E-state index in [9.17, 15) is 8.42 Å². The van der Waals surface area contributed by atoms with Gasteiger partial charge in [-0.2, -0.15) is 0 Å². The van der Waals surface area contributed by atoms with Gasteiger partial charge in [-0.1, -0.05) is 13.8 Å². The molecule has 0 bridgehead atoms. The van der Waals surface area contributed by atoms with Crippen LogP contribution in [0.25, 0.3) is 6.08 Å². The number of benzene rings is 1. The van der Waals surface area contributed by atoms with E-state index in [1.165, 1.54) is 0 Å². The minimum absolute atomic E-state index is 0.250. The molecule has 0 saturated carbocycles. The van der Waals surface area contributed by atoms with E-state index in [2.05, 4.69) is 5.32 Å². The van der Waals surface area contributed by atoms with E-state index in [1.807, 2.05) is 13.8 Å². The van der Waals surface area contributed by atoms with Crippen LogP contribution in [-0.4, -0.2) is 21.0 Å². The molecule has 1 aliphatic rings. The van der Waals surface area contributed by atoms with Gasteiger partial charge in [-0.3, -0.25) is 0 Å². The summed E-state index contributed by atoms with van der Waals surface area (Å²) in [4.78, 5) is 0.763. The highest BCUT2D eigenvalue weighted by Crippen LogP contribution is 2.33. The Morgan fingerprint density at radius 3 is 2.71 bits per heavy atom. The molecule has 1 aromatic carbocycles. The lowest BCUT2D eigenvalue weighted by Gasteiger charge is -2.08. The van der Waals surface area contributed by atoms with Gasteiger partial charge in [0.25, 0.3) is 0 Å². The molecular weight excluding hydrogens is 236 g/mol. The molecule has 92 valence electrons. The van der Waals surface area contributed by atoms with Gasteiger partial charge in [0.05, 0.1) is 9.80 Å². The van der Waals surface area contributed by atoms with Crippen molar-refractivity contribution in [3.8, 4) is 0 Å². The summed E-state index contributed by atoms with van der Waals surface area (Å²) in [6.45, 7) is 4.31. The summed E-state index contributed by atoms with van der Waals surface area (Å²) in [5.74, 6) is 0. The van der Waals surface area contributed by atoms with Gasteiger partial charge in [0.1, 0.15) is 0 Å². The molecule has 2 rings (SSSR count). The zero-order chi connectivity index (χ0) is 12.6. The van der Waals surface area contributed by atoms with Crippen LogP contribution in [0.4, 0.5) is 5.69 Å². The molecule has 0 unspecified atom stereocenters. The van der Waals surface area contributed by atoms with Crippen LogP contribution < -0.4 is 11.1 Å². The van der Waals surface area contributed by atoms with Gasteiger partial charge in [0.2, 0.25) is 9.84 Å². The molecule has 3 N–H and O–H groups in total. The Balaban J connectivity index is 2.37. The maximum Gasteiger partial charge on any atom is 0.204 e. The van der Waals surface area contributed by atoms with E-state index in [4.69, 9.17) is 5.73 Å². The topological polar surface area (TPSA) is 72.2 Å². The predicted octanol–water partition coefficient (Wildman–Crippen LogP) is 1.40. The minimum atomic E-state index is -3.32. The molecule has 0 amide bonds. The fourth-order valence-electron chi connectivity index (χ4n) is 1.77. The third-order valence-corrected chi connectivity index (χ3v) is 4.57. The van der Waals surface area contributed by atoms with Gasteiger partial charge < -0.3 is 11.1 Å². The predicted molar refractivity (Wildman–Crippen MR) is 69.2 cm³/mol. The Hall–Kier alpha value is -1.33. The highest BCUT2D eigenvalue weighted by molar-refractivity contribution is 7.95. The highest BCUT2D eigenvalue weighted by Gasteiger charge is 2.29. The molecule has 1 heterocycles. The summed E-state index contributed by atoms with van der Waals surface area (Å²) < 4.78 is 24.3. The number of rotatable bonds is 3. The summed E-state index contributed by atoms with van der Waals surface area (Å²) >= 11 is 0. The van der Waals surface area contributed by atoms with Crippen LogP contribution >= 0.6 is 0 Å². The average Bonchev–Trinajstić information content (AvgIpc) is 2.46. The van der Waals surface area contributed by atoms with E-state index < -0.39 is 9.84 Å². The van der Waals surface area contributed by atoms with Gasteiger partial charge in [0, 0.05) is 18.3 Å². The lowest BCUT2D eigenvalue weighted by atomic mass is 10.2. The lowest BCUT2D eigenvalue weighted by molar-refractivity contribution is 0.593. The summed E-state index contributed by atoms with van der Waals surface area (Å²) in [6, 6.07) is 5.12. The maximum absolute atomic E-state index is 12.2. The van der Waals surface area contributed by atoms with Crippen molar-refractivity contribution < 1.29 is 8.42 Å². The second kappa shape index (κ2) is 4.16.